The average Bonchev–Trinajstić information content (AvgIpc) is 2.35. The second-order valence-corrected chi connectivity index (χ2v) is 4.21. The molecule has 0 aromatic heterocycles. The molecular weight excluding hydrogens is 288 g/mol. The summed E-state index contributed by atoms with van der Waals surface area (Å²) >= 11 is 3.34. The number of ketones is 1. The van der Waals surface area contributed by atoms with Crippen LogP contribution in [-0.4, -0.2) is 31.7 Å². The monoisotopic (exact) mass is 302 g/mol. The number of hydrogen-bond acceptors (Lipinski definition) is 4. The molecule has 0 unspecified atom stereocenters. The third kappa shape index (κ3) is 3.20. The Morgan fingerprint density at radius 3 is 2.59 bits per heavy atom. The van der Waals surface area contributed by atoms with E-state index in [1.54, 1.807) is 19.2 Å². The molecule has 0 amide bonds. The van der Waals surface area contributed by atoms with Crippen LogP contribution in [0.25, 0.3) is 0 Å². The minimum atomic E-state index is -0.0562. The van der Waals surface area contributed by atoms with Gasteiger partial charge in [0.05, 0.1) is 19.8 Å². The lowest BCUT2D eigenvalue weighted by Crippen LogP contribution is -2.04. The van der Waals surface area contributed by atoms with E-state index in [-0.39, 0.29) is 12.4 Å². The molecule has 0 aliphatic heterocycles. The van der Waals surface area contributed by atoms with Crippen molar-refractivity contribution in [3.8, 4) is 11.5 Å². The van der Waals surface area contributed by atoms with Gasteiger partial charge in [0.1, 0.15) is 16.0 Å². The van der Waals surface area contributed by atoms with Crippen LogP contribution in [0.4, 0.5) is 0 Å². The summed E-state index contributed by atoms with van der Waals surface area (Å²) in [6, 6.07) is 3.38. The van der Waals surface area contributed by atoms with Gasteiger partial charge >= 0.3 is 0 Å². The van der Waals surface area contributed by atoms with Gasteiger partial charge < -0.3 is 14.6 Å². The molecule has 0 radical (unpaired) electrons. The van der Waals surface area contributed by atoms with Crippen LogP contribution < -0.4 is 9.47 Å². The number of rotatable bonds is 6. The molecule has 0 fully saturated rings. The third-order valence-electron chi connectivity index (χ3n) is 2.35. The van der Waals surface area contributed by atoms with Crippen molar-refractivity contribution in [2.24, 2.45) is 0 Å². The summed E-state index contributed by atoms with van der Waals surface area (Å²) in [5, 5.41) is 8.71. The molecule has 0 atom stereocenters. The minimum absolute atomic E-state index is 0.00534. The van der Waals surface area contributed by atoms with E-state index in [1.807, 2.05) is 0 Å². The molecule has 4 nitrogen and oxygen atoms in total. The highest BCUT2D eigenvalue weighted by Crippen LogP contribution is 2.37. The molecule has 1 rings (SSSR count). The zero-order chi connectivity index (χ0) is 12.8. The van der Waals surface area contributed by atoms with Gasteiger partial charge in [0.2, 0.25) is 0 Å². The van der Waals surface area contributed by atoms with Crippen LogP contribution in [-0.2, 0) is 0 Å². The van der Waals surface area contributed by atoms with Crippen molar-refractivity contribution in [1.29, 1.82) is 0 Å². The number of methoxy groups -OCH3 is 2. The summed E-state index contributed by atoms with van der Waals surface area (Å²) < 4.78 is 11.0. The van der Waals surface area contributed by atoms with E-state index in [9.17, 15) is 4.79 Å². The van der Waals surface area contributed by atoms with Crippen molar-refractivity contribution in [3.05, 3.63) is 22.2 Å². The summed E-state index contributed by atoms with van der Waals surface area (Å²) in [5.74, 6) is 1.02. The maximum atomic E-state index is 11.9. The Bertz CT molecular complexity index is 404. The maximum Gasteiger partial charge on any atom is 0.166 e. The number of hydrogen-bond donors (Lipinski definition) is 1. The second-order valence-electron chi connectivity index (χ2n) is 3.41. The van der Waals surface area contributed by atoms with E-state index in [2.05, 4.69) is 15.9 Å². The fraction of sp³-hybridized carbons (Fsp3) is 0.417. The lowest BCUT2D eigenvalue weighted by molar-refractivity contribution is 0.0968. The Morgan fingerprint density at radius 1 is 1.35 bits per heavy atom. The van der Waals surface area contributed by atoms with Crippen molar-refractivity contribution < 1.29 is 19.4 Å². The summed E-state index contributed by atoms with van der Waals surface area (Å²) in [6.07, 6.45) is 0.747. The molecule has 1 N–H and O–H groups in total. The zero-order valence-electron chi connectivity index (χ0n) is 9.83. The van der Waals surface area contributed by atoms with Gasteiger partial charge in [-0.2, -0.15) is 0 Å². The number of halogens is 1. The lowest BCUT2D eigenvalue weighted by Gasteiger charge is -2.12. The molecular formula is C12H15BrO4. The Morgan fingerprint density at radius 2 is 2.06 bits per heavy atom. The molecule has 0 saturated carbocycles. The van der Waals surface area contributed by atoms with Crippen LogP contribution in [0.1, 0.15) is 23.2 Å². The van der Waals surface area contributed by atoms with E-state index in [0.717, 1.165) is 0 Å². The van der Waals surface area contributed by atoms with Crippen molar-refractivity contribution in [1.82, 2.24) is 0 Å². The summed E-state index contributed by atoms with van der Waals surface area (Å²) in [4.78, 5) is 11.9. The van der Waals surface area contributed by atoms with Crippen LogP contribution >= 0.6 is 15.9 Å². The molecule has 0 spiro atoms. The van der Waals surface area contributed by atoms with E-state index >= 15 is 0 Å². The number of carbonyl (C=O) groups excluding carboxylic acids is 1. The normalized spacial score (nSPS) is 10.1. The lowest BCUT2D eigenvalue weighted by atomic mass is 10.1. The summed E-state index contributed by atoms with van der Waals surface area (Å²) in [6.45, 7) is 0.00534. The van der Waals surface area contributed by atoms with Crippen LogP contribution in [0.5, 0.6) is 11.5 Å². The van der Waals surface area contributed by atoms with Crippen molar-refractivity contribution in [3.63, 3.8) is 0 Å². The van der Waals surface area contributed by atoms with Gasteiger partial charge in [-0.1, -0.05) is 0 Å². The number of benzene rings is 1. The minimum Gasteiger partial charge on any atom is -0.495 e. The van der Waals surface area contributed by atoms with E-state index in [1.165, 1.54) is 7.11 Å². The predicted octanol–water partition coefficient (Wildman–Crippen LogP) is 2.42. The topological polar surface area (TPSA) is 55.8 Å². The summed E-state index contributed by atoms with van der Waals surface area (Å²) in [5.41, 5.74) is 0.494. The molecule has 1 aromatic rings. The molecule has 0 saturated heterocycles. The highest BCUT2D eigenvalue weighted by Gasteiger charge is 2.17. The van der Waals surface area contributed by atoms with Gasteiger partial charge in [0.25, 0.3) is 0 Å². The highest BCUT2D eigenvalue weighted by atomic mass is 79.9. The Hall–Kier alpha value is -1.07. The van der Waals surface area contributed by atoms with Crippen LogP contribution in [0, 0.1) is 0 Å². The van der Waals surface area contributed by atoms with Gasteiger partial charge in [-0.05, 0) is 34.5 Å². The first kappa shape index (κ1) is 14.0. The van der Waals surface area contributed by atoms with Crippen molar-refractivity contribution in [2.45, 2.75) is 12.8 Å². The standard InChI is InChI=1S/C12H15BrO4/c1-16-10-6-5-8(9(15)4-3-7-14)12(17-2)11(10)13/h5-6,14H,3-4,7H2,1-2H3. The number of ether oxygens (including phenoxy) is 2. The Labute approximate surface area is 109 Å². The van der Waals surface area contributed by atoms with Gasteiger partial charge in [-0.25, -0.2) is 0 Å². The number of aliphatic hydroxyl groups is 1. The van der Waals surface area contributed by atoms with Crippen molar-refractivity contribution >= 4 is 21.7 Å². The Kier molecular flexibility index (Phi) is 5.44. The third-order valence-corrected chi connectivity index (χ3v) is 3.10. The molecule has 17 heavy (non-hydrogen) atoms. The molecule has 0 aliphatic carbocycles. The molecule has 1 aromatic carbocycles. The maximum absolute atomic E-state index is 11.9. The van der Waals surface area contributed by atoms with Gasteiger partial charge in [0, 0.05) is 13.0 Å². The molecule has 0 bridgehead atoms. The fourth-order valence-electron chi connectivity index (χ4n) is 1.49. The van der Waals surface area contributed by atoms with Crippen LogP contribution in [0.3, 0.4) is 0 Å². The smallest absolute Gasteiger partial charge is 0.166 e. The zero-order valence-corrected chi connectivity index (χ0v) is 11.4. The van der Waals surface area contributed by atoms with Gasteiger partial charge in [0.15, 0.2) is 5.78 Å². The molecule has 5 heteroatoms. The highest BCUT2D eigenvalue weighted by molar-refractivity contribution is 9.10. The number of aliphatic hydroxyl groups excluding tert-OH is 1. The van der Waals surface area contributed by atoms with Crippen LogP contribution in [0.2, 0.25) is 0 Å². The largest absolute Gasteiger partial charge is 0.495 e. The second kappa shape index (κ2) is 6.61. The Balaban J connectivity index is 3.07. The predicted molar refractivity (Wildman–Crippen MR) is 67.9 cm³/mol. The van der Waals surface area contributed by atoms with Gasteiger partial charge in [-0.15, -0.1) is 0 Å². The molecule has 0 aliphatic rings. The summed E-state index contributed by atoms with van der Waals surface area (Å²) in [7, 11) is 3.05. The van der Waals surface area contributed by atoms with Gasteiger partial charge in [-0.3, -0.25) is 4.79 Å². The van der Waals surface area contributed by atoms with E-state index in [4.69, 9.17) is 14.6 Å². The number of carbonyl (C=O) groups is 1. The van der Waals surface area contributed by atoms with Crippen molar-refractivity contribution in [2.75, 3.05) is 20.8 Å². The quantitative estimate of drug-likeness (QED) is 0.820. The first-order valence-corrected chi connectivity index (χ1v) is 5.99. The van der Waals surface area contributed by atoms with Crippen LogP contribution in [0.15, 0.2) is 16.6 Å². The SMILES string of the molecule is COc1ccc(C(=O)CCCO)c(OC)c1Br. The first-order chi connectivity index (χ1) is 8.15. The number of Topliss-reactive ketones (excluding diaryl/α,β-unsaturated/α-hetero) is 1. The first-order valence-electron chi connectivity index (χ1n) is 5.20. The van der Waals surface area contributed by atoms with E-state index in [0.29, 0.717) is 34.4 Å². The fourth-order valence-corrected chi connectivity index (χ4v) is 2.16. The van der Waals surface area contributed by atoms with E-state index < -0.39 is 0 Å². The molecule has 0 heterocycles. The average molecular weight is 303 g/mol. The molecule has 94 valence electrons.